The van der Waals surface area contributed by atoms with Crippen LogP contribution in [0.5, 0.6) is 0 Å². The Balaban J connectivity index is 1.81. The number of aromatic nitrogens is 4. The van der Waals surface area contributed by atoms with E-state index in [1.807, 2.05) is 6.92 Å². The van der Waals surface area contributed by atoms with E-state index in [1.54, 1.807) is 18.2 Å². The Morgan fingerprint density at radius 1 is 0.750 bits per heavy atom. The summed E-state index contributed by atoms with van der Waals surface area (Å²) in [5, 5.41) is 2.02. The Bertz CT molecular complexity index is 1440. The summed E-state index contributed by atoms with van der Waals surface area (Å²) in [7, 11) is -7.38. The lowest BCUT2D eigenvalue weighted by Gasteiger charge is -2.11. The number of nitrogens with one attached hydrogen (secondary N) is 1. The molecule has 0 unspecified atom stereocenters. The molecule has 40 heavy (non-hydrogen) atoms. The molecule has 1 aromatic carbocycles. The predicted octanol–water partition coefficient (Wildman–Crippen LogP) is 1.21. The first-order valence-electron chi connectivity index (χ1n) is 12.2. The Hall–Kier alpha value is -3.37. The quantitative estimate of drug-likeness (QED) is 0.197. The zero-order chi connectivity index (χ0) is 29.2. The van der Waals surface area contributed by atoms with Crippen LogP contribution in [0.25, 0.3) is 22.5 Å². The smallest absolute Gasteiger partial charge is 0.251 e. The number of amides is 1. The molecule has 3 rings (SSSR count). The van der Waals surface area contributed by atoms with Crippen molar-refractivity contribution in [2.75, 3.05) is 58.7 Å². The Kier molecular flexibility index (Phi) is 11.2. The minimum atomic E-state index is -3.69. The third-order valence-corrected chi connectivity index (χ3v) is 6.92. The molecule has 0 spiro atoms. The normalized spacial score (nSPS) is 11.9. The van der Waals surface area contributed by atoms with Gasteiger partial charge in [-0.3, -0.25) is 4.79 Å². The van der Waals surface area contributed by atoms with Crippen LogP contribution < -0.4 is 5.32 Å². The number of sulfone groups is 2. The van der Waals surface area contributed by atoms with Crippen molar-refractivity contribution in [3.63, 3.8) is 0 Å². The molecule has 2 heterocycles. The van der Waals surface area contributed by atoms with Crippen molar-refractivity contribution >= 4 is 25.6 Å². The lowest BCUT2D eigenvalue weighted by Crippen LogP contribution is -2.27. The van der Waals surface area contributed by atoms with Gasteiger partial charge in [0.15, 0.2) is 0 Å². The first kappa shape index (κ1) is 31.2. The fourth-order valence-corrected chi connectivity index (χ4v) is 4.37. The van der Waals surface area contributed by atoms with Crippen molar-refractivity contribution in [3.8, 4) is 22.5 Å². The minimum absolute atomic E-state index is 0.214. The van der Waals surface area contributed by atoms with Gasteiger partial charge in [-0.1, -0.05) is 0 Å². The van der Waals surface area contributed by atoms with E-state index in [-0.39, 0.29) is 40.4 Å². The topological polar surface area (TPSA) is 177 Å². The highest BCUT2D eigenvalue weighted by Gasteiger charge is 2.17. The summed E-state index contributed by atoms with van der Waals surface area (Å²) in [4.78, 5) is 28.9. The highest BCUT2D eigenvalue weighted by atomic mass is 32.2. The summed E-state index contributed by atoms with van der Waals surface area (Å²) in [5.74, 6) is -0.436. The number of rotatable bonds is 15. The van der Waals surface area contributed by atoms with Gasteiger partial charge in [0.25, 0.3) is 5.91 Å². The summed E-state index contributed by atoms with van der Waals surface area (Å²) >= 11 is 0. The molecule has 0 bridgehead atoms. The van der Waals surface area contributed by atoms with Crippen LogP contribution in [0.3, 0.4) is 0 Å². The third kappa shape index (κ3) is 9.38. The number of benzene rings is 1. The summed E-state index contributed by atoms with van der Waals surface area (Å²) in [6.45, 7) is 4.75. The van der Waals surface area contributed by atoms with Crippen molar-refractivity contribution < 1.29 is 35.8 Å². The van der Waals surface area contributed by atoms with E-state index >= 15 is 0 Å². The number of hydrogen-bond donors (Lipinski definition) is 1. The van der Waals surface area contributed by atoms with Gasteiger partial charge in [0.05, 0.1) is 44.4 Å². The van der Waals surface area contributed by atoms with Gasteiger partial charge >= 0.3 is 0 Å². The lowest BCUT2D eigenvalue weighted by atomic mass is 10.0. The van der Waals surface area contributed by atoms with Crippen LogP contribution in [0.15, 0.2) is 53.0 Å². The Morgan fingerprint density at radius 3 is 1.70 bits per heavy atom. The Labute approximate surface area is 233 Å². The molecule has 1 N–H and O–H groups in total. The molecule has 0 aliphatic heterocycles. The SMILES string of the molecule is CCOCCOCCOCCNC(=O)c1cc(-c2ccnc(S(C)(=O)=O)n2)cc(-c2ccnc(S(C)(=O)=O)n2)c1. The molecule has 15 heteroatoms. The summed E-state index contributed by atoms with van der Waals surface area (Å²) < 4.78 is 64.0. The highest BCUT2D eigenvalue weighted by molar-refractivity contribution is 7.90. The maximum Gasteiger partial charge on any atom is 0.251 e. The van der Waals surface area contributed by atoms with Crippen molar-refractivity contribution in [2.45, 2.75) is 17.2 Å². The second-order valence-corrected chi connectivity index (χ2v) is 12.3. The average Bonchev–Trinajstić information content (AvgIpc) is 2.93. The van der Waals surface area contributed by atoms with Gasteiger partial charge in [-0.15, -0.1) is 0 Å². The van der Waals surface area contributed by atoms with Crippen LogP contribution >= 0.6 is 0 Å². The Morgan fingerprint density at radius 2 is 1.23 bits per heavy atom. The average molecular weight is 594 g/mol. The first-order valence-corrected chi connectivity index (χ1v) is 16.0. The van der Waals surface area contributed by atoms with Crippen LogP contribution in [-0.2, 0) is 33.9 Å². The second-order valence-electron chi connectivity index (χ2n) is 8.47. The number of carbonyl (C=O) groups excluding carboxylic acids is 1. The van der Waals surface area contributed by atoms with Gasteiger partial charge in [0, 0.05) is 54.7 Å². The molecule has 0 atom stereocenters. The summed E-state index contributed by atoms with van der Waals surface area (Å²) in [5.41, 5.74) is 1.50. The van der Waals surface area contributed by atoms with Crippen LogP contribution in [-0.4, -0.2) is 101 Å². The molecule has 0 saturated carbocycles. The summed E-state index contributed by atoms with van der Waals surface area (Å²) in [6, 6.07) is 7.70. The number of hydrogen-bond acceptors (Lipinski definition) is 12. The standard InChI is InChI=1S/C25H31N5O8S2/c1-4-36-11-12-38-14-13-37-10-9-26-23(31)20-16-18(21-5-7-27-24(29-21)39(2,32)33)15-19(17-20)22-6-8-28-25(30-22)40(3,34)35/h5-8,15-17H,4,9-14H2,1-3H3,(H,26,31). The first-order chi connectivity index (χ1) is 19.0. The molecule has 216 valence electrons. The van der Waals surface area contributed by atoms with Gasteiger partial charge in [0.2, 0.25) is 30.0 Å². The van der Waals surface area contributed by atoms with Crippen molar-refractivity contribution in [2.24, 2.45) is 0 Å². The zero-order valence-electron chi connectivity index (χ0n) is 22.4. The maximum absolute atomic E-state index is 13.0. The van der Waals surface area contributed by atoms with E-state index < -0.39 is 25.6 Å². The van der Waals surface area contributed by atoms with E-state index in [4.69, 9.17) is 14.2 Å². The van der Waals surface area contributed by atoms with Crippen LogP contribution in [0, 0.1) is 0 Å². The second kappa shape index (κ2) is 14.3. The van der Waals surface area contributed by atoms with Crippen LogP contribution in [0.4, 0.5) is 0 Å². The molecule has 0 fully saturated rings. The van der Waals surface area contributed by atoms with Gasteiger partial charge in [-0.2, -0.15) is 0 Å². The van der Waals surface area contributed by atoms with Crippen molar-refractivity contribution in [1.82, 2.24) is 25.3 Å². The molecule has 2 aromatic heterocycles. The molecular weight excluding hydrogens is 562 g/mol. The number of carbonyl (C=O) groups is 1. The lowest BCUT2D eigenvalue weighted by molar-refractivity contribution is 0.0175. The van der Waals surface area contributed by atoms with Crippen LogP contribution in [0.1, 0.15) is 17.3 Å². The van der Waals surface area contributed by atoms with E-state index in [9.17, 15) is 21.6 Å². The monoisotopic (exact) mass is 593 g/mol. The molecule has 0 radical (unpaired) electrons. The van der Waals surface area contributed by atoms with E-state index in [0.29, 0.717) is 44.2 Å². The summed E-state index contributed by atoms with van der Waals surface area (Å²) in [6.07, 6.45) is 4.58. The molecule has 1 amide bonds. The molecule has 0 aliphatic rings. The molecule has 13 nitrogen and oxygen atoms in total. The minimum Gasteiger partial charge on any atom is -0.379 e. The highest BCUT2D eigenvalue weighted by Crippen LogP contribution is 2.27. The molecule has 0 aliphatic carbocycles. The fourth-order valence-electron chi connectivity index (χ4n) is 3.34. The fraction of sp³-hybridized carbons (Fsp3) is 0.400. The molecular formula is C25H31N5O8S2. The van der Waals surface area contributed by atoms with Crippen LogP contribution in [0.2, 0.25) is 0 Å². The predicted molar refractivity (Wildman–Crippen MR) is 145 cm³/mol. The van der Waals surface area contributed by atoms with E-state index in [2.05, 4.69) is 25.3 Å². The van der Waals surface area contributed by atoms with Gasteiger partial charge in [-0.25, -0.2) is 36.8 Å². The van der Waals surface area contributed by atoms with Crippen molar-refractivity contribution in [3.05, 3.63) is 48.3 Å². The van der Waals surface area contributed by atoms with Gasteiger partial charge < -0.3 is 19.5 Å². The maximum atomic E-state index is 13.0. The zero-order valence-corrected chi connectivity index (χ0v) is 24.0. The van der Waals surface area contributed by atoms with Gasteiger partial charge in [-0.05, 0) is 37.3 Å². The molecule has 0 saturated heterocycles. The third-order valence-electron chi connectivity index (χ3n) is 5.20. The van der Waals surface area contributed by atoms with Crippen molar-refractivity contribution in [1.29, 1.82) is 0 Å². The number of nitrogens with zero attached hydrogens (tertiary/aromatic N) is 4. The largest absolute Gasteiger partial charge is 0.379 e. The molecule has 3 aromatic rings. The number of ether oxygens (including phenoxy) is 3. The van der Waals surface area contributed by atoms with Gasteiger partial charge in [0.1, 0.15) is 0 Å². The van der Waals surface area contributed by atoms with E-state index in [1.165, 1.54) is 24.5 Å². The van der Waals surface area contributed by atoms with E-state index in [0.717, 1.165) is 12.5 Å².